The lowest BCUT2D eigenvalue weighted by Gasteiger charge is -2.20. The Morgan fingerprint density at radius 2 is 2.04 bits per heavy atom. The minimum atomic E-state index is -0.309. The Labute approximate surface area is 147 Å². The first-order valence-electron chi connectivity index (χ1n) is 7.71. The van der Waals surface area contributed by atoms with Crippen molar-refractivity contribution in [2.24, 2.45) is 0 Å². The van der Waals surface area contributed by atoms with Gasteiger partial charge in [0, 0.05) is 17.2 Å². The van der Waals surface area contributed by atoms with E-state index in [0.29, 0.717) is 11.0 Å². The highest BCUT2D eigenvalue weighted by molar-refractivity contribution is 7.99. The average Bonchev–Trinajstić information content (AvgIpc) is 3.06. The minimum Gasteiger partial charge on any atom is -0.497 e. The number of carbonyl (C=O) groups excluding carboxylic acids is 1. The van der Waals surface area contributed by atoms with Crippen LogP contribution in [-0.4, -0.2) is 27.8 Å². The maximum absolute atomic E-state index is 13.5. The van der Waals surface area contributed by atoms with Crippen molar-refractivity contribution < 1.29 is 13.9 Å². The highest BCUT2D eigenvalue weighted by Crippen LogP contribution is 2.41. The molecule has 0 unspecified atom stereocenters. The molecule has 4 rings (SSSR count). The Morgan fingerprint density at radius 1 is 1.24 bits per heavy atom. The van der Waals surface area contributed by atoms with Crippen LogP contribution in [0.1, 0.15) is 22.0 Å². The quantitative estimate of drug-likeness (QED) is 0.711. The number of fused-ring (bicyclic) bond motifs is 1. The molecule has 2 heterocycles. The maximum Gasteiger partial charge on any atom is 0.250 e. The summed E-state index contributed by atoms with van der Waals surface area (Å²) in [6.07, 6.45) is 0.256. The number of aromatic nitrogens is 3. The van der Waals surface area contributed by atoms with E-state index in [1.165, 1.54) is 28.6 Å². The fourth-order valence-electron chi connectivity index (χ4n) is 2.71. The molecule has 0 amide bonds. The van der Waals surface area contributed by atoms with Crippen LogP contribution in [0.3, 0.4) is 0 Å². The molecule has 0 bridgehead atoms. The SMILES string of the molecule is COc1ccc(-c2nc3n(n2)C(=O)C[C@@H](c2cccc(F)c2)S3)cc1. The number of halogens is 1. The number of hydrogen-bond donors (Lipinski definition) is 0. The average molecular weight is 355 g/mol. The molecule has 5 nitrogen and oxygen atoms in total. The van der Waals surface area contributed by atoms with Crippen molar-refractivity contribution in [1.29, 1.82) is 0 Å². The molecular weight excluding hydrogens is 341 g/mol. The van der Waals surface area contributed by atoms with E-state index in [1.54, 1.807) is 13.2 Å². The number of ether oxygens (including phenoxy) is 1. The minimum absolute atomic E-state index is 0.143. The number of rotatable bonds is 3. The molecule has 1 aromatic heterocycles. The van der Waals surface area contributed by atoms with Gasteiger partial charge in [-0.1, -0.05) is 23.9 Å². The summed E-state index contributed by atoms with van der Waals surface area (Å²) in [4.78, 5) is 16.9. The summed E-state index contributed by atoms with van der Waals surface area (Å²) in [6, 6.07) is 13.7. The van der Waals surface area contributed by atoms with Crippen molar-refractivity contribution in [2.45, 2.75) is 16.8 Å². The molecule has 0 N–H and O–H groups in total. The summed E-state index contributed by atoms with van der Waals surface area (Å²) in [5.74, 6) is 0.773. The largest absolute Gasteiger partial charge is 0.497 e. The summed E-state index contributed by atoms with van der Waals surface area (Å²) >= 11 is 1.42. The van der Waals surface area contributed by atoms with Gasteiger partial charge in [0.05, 0.1) is 7.11 Å². The van der Waals surface area contributed by atoms with Crippen LogP contribution in [0, 0.1) is 5.82 Å². The van der Waals surface area contributed by atoms with Gasteiger partial charge in [0.15, 0.2) is 11.0 Å². The van der Waals surface area contributed by atoms with E-state index in [1.807, 2.05) is 30.3 Å². The molecular formula is C18H14FN3O2S. The summed E-state index contributed by atoms with van der Waals surface area (Å²) in [6.45, 7) is 0. The van der Waals surface area contributed by atoms with Gasteiger partial charge < -0.3 is 4.74 Å². The second-order valence-electron chi connectivity index (χ2n) is 5.62. The Balaban J connectivity index is 1.65. The Hall–Kier alpha value is -2.67. The number of methoxy groups -OCH3 is 1. The molecule has 0 radical (unpaired) electrons. The van der Waals surface area contributed by atoms with Crippen LogP contribution in [-0.2, 0) is 0 Å². The Morgan fingerprint density at radius 3 is 2.76 bits per heavy atom. The van der Waals surface area contributed by atoms with Gasteiger partial charge in [0.1, 0.15) is 11.6 Å². The van der Waals surface area contributed by atoms with E-state index in [-0.39, 0.29) is 23.4 Å². The molecule has 0 saturated carbocycles. The molecule has 7 heteroatoms. The van der Waals surface area contributed by atoms with Crippen molar-refractivity contribution in [2.75, 3.05) is 7.11 Å². The Bertz CT molecular complexity index is 940. The topological polar surface area (TPSA) is 57.0 Å². The third kappa shape index (κ3) is 3.02. The lowest BCUT2D eigenvalue weighted by molar-refractivity contribution is 0.0868. The molecule has 1 aliphatic heterocycles. The molecule has 0 aliphatic carbocycles. The van der Waals surface area contributed by atoms with Gasteiger partial charge in [-0.15, -0.1) is 5.10 Å². The van der Waals surface area contributed by atoms with E-state index in [2.05, 4.69) is 10.1 Å². The van der Waals surface area contributed by atoms with Gasteiger partial charge >= 0.3 is 0 Å². The van der Waals surface area contributed by atoms with Gasteiger partial charge in [0.25, 0.3) is 5.91 Å². The van der Waals surface area contributed by atoms with Crippen LogP contribution in [0.2, 0.25) is 0 Å². The van der Waals surface area contributed by atoms with Gasteiger partial charge in [-0.05, 0) is 42.0 Å². The number of thioether (sulfide) groups is 1. The molecule has 25 heavy (non-hydrogen) atoms. The molecule has 0 spiro atoms. The highest BCUT2D eigenvalue weighted by atomic mass is 32.2. The van der Waals surface area contributed by atoms with Crippen molar-refractivity contribution in [3.63, 3.8) is 0 Å². The third-order valence-corrected chi connectivity index (χ3v) is 5.19. The van der Waals surface area contributed by atoms with E-state index in [0.717, 1.165) is 16.9 Å². The number of nitrogens with zero attached hydrogens (tertiary/aromatic N) is 3. The van der Waals surface area contributed by atoms with Gasteiger partial charge in [-0.3, -0.25) is 4.79 Å². The van der Waals surface area contributed by atoms with Crippen LogP contribution in [0.15, 0.2) is 53.7 Å². The zero-order valence-corrected chi connectivity index (χ0v) is 14.2. The molecule has 0 fully saturated rings. The van der Waals surface area contributed by atoms with Crippen LogP contribution >= 0.6 is 11.8 Å². The predicted molar refractivity (Wildman–Crippen MR) is 92.3 cm³/mol. The molecule has 1 aliphatic rings. The van der Waals surface area contributed by atoms with Gasteiger partial charge in [0.2, 0.25) is 0 Å². The second kappa shape index (κ2) is 6.33. The molecule has 3 aromatic rings. The fourth-order valence-corrected chi connectivity index (χ4v) is 3.85. The lowest BCUT2D eigenvalue weighted by atomic mass is 10.1. The zero-order chi connectivity index (χ0) is 17.4. The number of benzene rings is 2. The summed E-state index contributed by atoms with van der Waals surface area (Å²) in [7, 11) is 1.60. The van der Waals surface area contributed by atoms with E-state index in [9.17, 15) is 9.18 Å². The first-order valence-corrected chi connectivity index (χ1v) is 8.59. The highest BCUT2D eigenvalue weighted by Gasteiger charge is 2.30. The van der Waals surface area contributed by atoms with E-state index in [4.69, 9.17) is 4.74 Å². The predicted octanol–water partition coefficient (Wildman–Crippen LogP) is 3.97. The fraction of sp³-hybridized carbons (Fsp3) is 0.167. The van der Waals surface area contributed by atoms with Gasteiger partial charge in [-0.25, -0.2) is 9.37 Å². The van der Waals surface area contributed by atoms with Crippen LogP contribution in [0.5, 0.6) is 5.75 Å². The first kappa shape index (κ1) is 15.8. The van der Waals surface area contributed by atoms with Crippen molar-refractivity contribution in [3.05, 3.63) is 59.9 Å². The molecule has 1 atom stereocenters. The molecule has 0 saturated heterocycles. The van der Waals surface area contributed by atoms with E-state index < -0.39 is 0 Å². The summed E-state index contributed by atoms with van der Waals surface area (Å²) < 4.78 is 19.9. The maximum atomic E-state index is 13.5. The smallest absolute Gasteiger partial charge is 0.250 e. The van der Waals surface area contributed by atoms with Crippen molar-refractivity contribution in [3.8, 4) is 17.1 Å². The van der Waals surface area contributed by atoms with Crippen LogP contribution < -0.4 is 4.74 Å². The number of hydrogen-bond acceptors (Lipinski definition) is 5. The molecule has 2 aromatic carbocycles. The van der Waals surface area contributed by atoms with Crippen molar-refractivity contribution in [1.82, 2.24) is 14.8 Å². The van der Waals surface area contributed by atoms with Crippen LogP contribution in [0.25, 0.3) is 11.4 Å². The zero-order valence-electron chi connectivity index (χ0n) is 13.3. The normalized spacial score (nSPS) is 16.6. The standard InChI is InChI=1S/C18H14FN3O2S/c1-24-14-7-5-11(6-8-14)17-20-18-22(21-17)16(23)10-15(25-18)12-3-2-4-13(19)9-12/h2-9,15H,10H2,1H3/t15-/m0/s1. The van der Waals surface area contributed by atoms with Crippen molar-refractivity contribution >= 4 is 17.7 Å². The lowest BCUT2D eigenvalue weighted by Crippen LogP contribution is -2.21. The third-order valence-electron chi connectivity index (χ3n) is 3.99. The van der Waals surface area contributed by atoms with Crippen LogP contribution in [0.4, 0.5) is 4.39 Å². The Kier molecular flexibility index (Phi) is 4.01. The monoisotopic (exact) mass is 355 g/mol. The summed E-state index contributed by atoms with van der Waals surface area (Å²) in [5.41, 5.74) is 1.58. The summed E-state index contributed by atoms with van der Waals surface area (Å²) in [5, 5.41) is 4.68. The molecule has 126 valence electrons. The second-order valence-corrected chi connectivity index (χ2v) is 6.79. The number of carbonyl (C=O) groups is 1. The first-order chi connectivity index (χ1) is 12.1. The van der Waals surface area contributed by atoms with E-state index >= 15 is 0 Å². The van der Waals surface area contributed by atoms with Gasteiger partial charge in [-0.2, -0.15) is 4.68 Å².